The molecule has 0 aliphatic carbocycles. The molecule has 1 amide bonds. The second-order valence-electron chi connectivity index (χ2n) is 6.84. The molecule has 1 saturated heterocycles. The molecule has 10 heteroatoms. The SMILES string of the molecule is COc1cccc(CN2CCN(C(=O)c3ccc(F)cc3)CC2)c1OC.O=C(O)C(=O)O. The number of carbonyl (C=O) groups is 3. The Morgan fingerprint density at radius 1 is 0.906 bits per heavy atom. The van der Waals surface area contributed by atoms with Gasteiger partial charge in [-0.15, -0.1) is 0 Å². The van der Waals surface area contributed by atoms with Crippen LogP contribution < -0.4 is 9.47 Å². The summed E-state index contributed by atoms with van der Waals surface area (Å²) >= 11 is 0. The maximum atomic E-state index is 13.0. The molecule has 2 N–H and O–H groups in total. The lowest BCUT2D eigenvalue weighted by molar-refractivity contribution is -0.159. The molecule has 0 bridgehead atoms. The standard InChI is InChI=1S/C20H23FN2O3.C2H2O4/c1-25-18-5-3-4-16(19(18)26-2)14-22-10-12-23(13-11-22)20(24)15-6-8-17(21)9-7-15;3-1(4)2(5)6/h3-9H,10-14H2,1-2H3;(H,3,4)(H,5,6). The number of halogens is 1. The molecule has 3 rings (SSSR count). The second kappa shape index (κ2) is 11.7. The van der Waals surface area contributed by atoms with Gasteiger partial charge in [-0.3, -0.25) is 9.69 Å². The number of carboxylic acids is 2. The van der Waals surface area contributed by atoms with E-state index in [0.29, 0.717) is 18.7 Å². The maximum absolute atomic E-state index is 13.0. The summed E-state index contributed by atoms with van der Waals surface area (Å²) in [4.78, 5) is 34.8. The topological polar surface area (TPSA) is 117 Å². The van der Waals surface area contributed by atoms with Gasteiger partial charge in [-0.25, -0.2) is 14.0 Å². The zero-order chi connectivity index (χ0) is 23.7. The van der Waals surface area contributed by atoms with Crippen LogP contribution in [0.4, 0.5) is 4.39 Å². The molecule has 1 heterocycles. The quantitative estimate of drug-likeness (QED) is 0.667. The first kappa shape index (κ1) is 24.6. The van der Waals surface area contributed by atoms with E-state index < -0.39 is 11.9 Å². The van der Waals surface area contributed by atoms with Gasteiger partial charge in [-0.2, -0.15) is 0 Å². The number of rotatable bonds is 5. The van der Waals surface area contributed by atoms with Crippen molar-refractivity contribution in [3.8, 4) is 11.5 Å². The normalized spacial score (nSPS) is 13.5. The molecule has 32 heavy (non-hydrogen) atoms. The number of hydrogen-bond acceptors (Lipinski definition) is 6. The number of nitrogens with zero attached hydrogens (tertiary/aromatic N) is 2. The Morgan fingerprint density at radius 3 is 2.00 bits per heavy atom. The van der Waals surface area contributed by atoms with Gasteiger partial charge in [0.2, 0.25) is 0 Å². The summed E-state index contributed by atoms with van der Waals surface area (Å²) in [5.41, 5.74) is 1.58. The van der Waals surface area contributed by atoms with Gasteiger partial charge in [0.1, 0.15) is 5.82 Å². The number of piperazine rings is 1. The minimum absolute atomic E-state index is 0.0522. The summed E-state index contributed by atoms with van der Waals surface area (Å²) in [5, 5.41) is 14.8. The van der Waals surface area contributed by atoms with Crippen LogP contribution in [-0.2, 0) is 16.1 Å². The molecule has 0 aromatic heterocycles. The molecule has 0 saturated carbocycles. The second-order valence-corrected chi connectivity index (χ2v) is 6.84. The number of amides is 1. The first-order valence-corrected chi connectivity index (χ1v) is 9.70. The van der Waals surface area contributed by atoms with E-state index in [0.717, 1.165) is 36.7 Å². The number of benzene rings is 2. The highest BCUT2D eigenvalue weighted by Gasteiger charge is 2.23. The summed E-state index contributed by atoms with van der Waals surface area (Å²) in [7, 11) is 3.27. The molecule has 1 aliphatic heterocycles. The molecular formula is C22H25FN2O7. The Labute approximate surface area is 184 Å². The lowest BCUT2D eigenvalue weighted by Gasteiger charge is -2.35. The van der Waals surface area contributed by atoms with E-state index in [4.69, 9.17) is 29.3 Å². The Balaban J connectivity index is 0.000000534. The van der Waals surface area contributed by atoms with Gasteiger partial charge in [0.05, 0.1) is 14.2 Å². The van der Waals surface area contributed by atoms with Crippen molar-refractivity contribution in [3.63, 3.8) is 0 Å². The molecule has 1 aliphatic rings. The first-order valence-electron chi connectivity index (χ1n) is 9.70. The van der Waals surface area contributed by atoms with Gasteiger partial charge in [0.15, 0.2) is 11.5 Å². The average molecular weight is 448 g/mol. The van der Waals surface area contributed by atoms with Crippen LogP contribution in [0.25, 0.3) is 0 Å². The van der Waals surface area contributed by atoms with Gasteiger partial charge >= 0.3 is 11.9 Å². The van der Waals surface area contributed by atoms with Crippen molar-refractivity contribution in [2.75, 3.05) is 40.4 Å². The van der Waals surface area contributed by atoms with Gasteiger partial charge in [0.25, 0.3) is 5.91 Å². The van der Waals surface area contributed by atoms with Crippen molar-refractivity contribution in [1.82, 2.24) is 9.80 Å². The number of aliphatic carboxylic acids is 2. The Kier molecular flexibility index (Phi) is 8.96. The van der Waals surface area contributed by atoms with E-state index in [9.17, 15) is 9.18 Å². The number of carboxylic acid groups (broad SMARTS) is 2. The van der Waals surface area contributed by atoms with Crippen LogP contribution in [0.15, 0.2) is 42.5 Å². The fourth-order valence-corrected chi connectivity index (χ4v) is 3.20. The predicted molar refractivity (Wildman–Crippen MR) is 112 cm³/mol. The third kappa shape index (κ3) is 6.67. The number of ether oxygens (including phenoxy) is 2. The Morgan fingerprint density at radius 2 is 1.50 bits per heavy atom. The van der Waals surface area contributed by atoms with E-state index >= 15 is 0 Å². The van der Waals surface area contributed by atoms with E-state index in [-0.39, 0.29) is 11.7 Å². The third-order valence-corrected chi connectivity index (χ3v) is 4.81. The molecule has 2 aromatic carbocycles. The first-order chi connectivity index (χ1) is 15.3. The van der Waals surface area contributed by atoms with Crippen LogP contribution in [-0.4, -0.2) is 78.3 Å². The van der Waals surface area contributed by atoms with Crippen molar-refractivity contribution in [1.29, 1.82) is 0 Å². The van der Waals surface area contributed by atoms with E-state index in [1.165, 1.54) is 24.3 Å². The molecule has 172 valence electrons. The van der Waals surface area contributed by atoms with Crippen molar-refractivity contribution in [3.05, 3.63) is 59.4 Å². The van der Waals surface area contributed by atoms with E-state index in [1.807, 2.05) is 23.1 Å². The van der Waals surface area contributed by atoms with Gasteiger partial charge in [0, 0.05) is 43.9 Å². The van der Waals surface area contributed by atoms with Crippen LogP contribution >= 0.6 is 0 Å². The van der Waals surface area contributed by atoms with Gasteiger partial charge in [-0.1, -0.05) is 12.1 Å². The zero-order valence-electron chi connectivity index (χ0n) is 17.8. The minimum atomic E-state index is -1.82. The predicted octanol–water partition coefficient (Wildman–Crippen LogP) is 1.96. The minimum Gasteiger partial charge on any atom is -0.493 e. The third-order valence-electron chi connectivity index (χ3n) is 4.81. The van der Waals surface area contributed by atoms with Crippen molar-refractivity contribution < 1.29 is 38.5 Å². The fraction of sp³-hybridized carbons (Fsp3) is 0.318. The summed E-state index contributed by atoms with van der Waals surface area (Å²) in [6.45, 7) is 3.56. The van der Waals surface area contributed by atoms with E-state index in [2.05, 4.69) is 4.90 Å². The number of para-hydroxylation sites is 1. The largest absolute Gasteiger partial charge is 0.493 e. The Bertz CT molecular complexity index is 930. The van der Waals surface area contributed by atoms with Crippen molar-refractivity contribution >= 4 is 17.8 Å². The number of carbonyl (C=O) groups excluding carboxylic acids is 1. The van der Waals surface area contributed by atoms with Crippen LogP contribution in [0, 0.1) is 5.82 Å². The molecule has 1 fully saturated rings. The molecule has 2 aromatic rings. The highest BCUT2D eigenvalue weighted by Crippen LogP contribution is 2.31. The van der Waals surface area contributed by atoms with Crippen LogP contribution in [0.2, 0.25) is 0 Å². The smallest absolute Gasteiger partial charge is 0.414 e. The maximum Gasteiger partial charge on any atom is 0.414 e. The highest BCUT2D eigenvalue weighted by molar-refractivity contribution is 6.27. The summed E-state index contributed by atoms with van der Waals surface area (Å²) in [6, 6.07) is 11.6. The molecule has 0 unspecified atom stereocenters. The van der Waals surface area contributed by atoms with Gasteiger partial charge in [-0.05, 0) is 30.3 Å². The highest BCUT2D eigenvalue weighted by atomic mass is 19.1. The van der Waals surface area contributed by atoms with Crippen LogP contribution in [0.3, 0.4) is 0 Å². The van der Waals surface area contributed by atoms with Crippen molar-refractivity contribution in [2.24, 2.45) is 0 Å². The average Bonchev–Trinajstić information content (AvgIpc) is 2.79. The van der Waals surface area contributed by atoms with Crippen LogP contribution in [0.1, 0.15) is 15.9 Å². The summed E-state index contributed by atoms with van der Waals surface area (Å²) in [6.07, 6.45) is 0. The summed E-state index contributed by atoms with van der Waals surface area (Å²) < 4.78 is 23.9. The van der Waals surface area contributed by atoms with Crippen LogP contribution in [0.5, 0.6) is 11.5 Å². The Hall–Kier alpha value is -3.66. The monoisotopic (exact) mass is 448 g/mol. The molecule has 0 spiro atoms. The van der Waals surface area contributed by atoms with E-state index in [1.54, 1.807) is 14.2 Å². The molecule has 9 nitrogen and oxygen atoms in total. The number of methoxy groups -OCH3 is 2. The summed E-state index contributed by atoms with van der Waals surface area (Å²) in [5.74, 6) is -2.57. The zero-order valence-corrected chi connectivity index (χ0v) is 17.8. The molecule has 0 atom stereocenters. The molecular weight excluding hydrogens is 423 g/mol. The lowest BCUT2D eigenvalue weighted by atomic mass is 10.1. The van der Waals surface area contributed by atoms with Crippen molar-refractivity contribution in [2.45, 2.75) is 6.54 Å². The fourth-order valence-electron chi connectivity index (χ4n) is 3.20. The molecule has 0 radical (unpaired) electrons. The lowest BCUT2D eigenvalue weighted by Crippen LogP contribution is -2.48. The van der Waals surface area contributed by atoms with Gasteiger partial charge < -0.3 is 24.6 Å². The number of hydrogen-bond donors (Lipinski definition) is 2.